The van der Waals surface area contributed by atoms with Crippen LogP contribution < -0.4 is 20.9 Å². The van der Waals surface area contributed by atoms with Crippen molar-refractivity contribution in [3.05, 3.63) is 53.9 Å². The summed E-state index contributed by atoms with van der Waals surface area (Å²) in [5.41, 5.74) is 5.46. The van der Waals surface area contributed by atoms with E-state index in [0.717, 1.165) is 41.0 Å². The first-order valence-electron chi connectivity index (χ1n) is 13.7. The first kappa shape index (κ1) is 27.9. The van der Waals surface area contributed by atoms with Crippen LogP contribution >= 0.6 is 0 Å². The van der Waals surface area contributed by atoms with Crippen molar-refractivity contribution in [1.29, 1.82) is 0 Å². The van der Waals surface area contributed by atoms with Crippen LogP contribution in [0.15, 0.2) is 42.5 Å². The van der Waals surface area contributed by atoms with Crippen LogP contribution in [0.4, 0.5) is 22.0 Å². The van der Waals surface area contributed by atoms with Crippen molar-refractivity contribution < 1.29 is 12.4 Å². The van der Waals surface area contributed by atoms with E-state index in [1.54, 1.807) is 0 Å². The highest BCUT2D eigenvalue weighted by molar-refractivity contribution is 5.84. The number of amides is 1. The molecule has 2 aromatic heterocycles. The minimum atomic E-state index is -0.498. The van der Waals surface area contributed by atoms with Gasteiger partial charge in [-0.15, -0.1) is 10.2 Å². The molecule has 1 aliphatic rings. The van der Waals surface area contributed by atoms with Gasteiger partial charge in [-0.2, -0.15) is 0 Å². The molecule has 2 aromatic carbocycles. The van der Waals surface area contributed by atoms with Gasteiger partial charge in [-0.1, -0.05) is 32.0 Å². The molecule has 0 aliphatic carbocycles. The Labute approximate surface area is 233 Å². The number of hydrogen-bond acceptors (Lipinski definition) is 8. The van der Waals surface area contributed by atoms with Gasteiger partial charge in [-0.3, -0.25) is 4.40 Å². The maximum absolute atomic E-state index is 11.8. The smallest absolute Gasteiger partial charge is 0.407 e. The van der Waals surface area contributed by atoms with E-state index in [1.165, 1.54) is 5.69 Å². The van der Waals surface area contributed by atoms with Gasteiger partial charge in [0, 0.05) is 23.0 Å². The molecule has 1 atom stereocenters. The molecule has 0 saturated heterocycles. The maximum atomic E-state index is 11.8. The molecule has 10 nitrogen and oxygen atoms in total. The van der Waals surface area contributed by atoms with E-state index in [0.29, 0.717) is 24.6 Å². The van der Waals surface area contributed by atoms with Crippen LogP contribution in [-0.4, -0.2) is 51.4 Å². The SMILES string of the molecule is CC.Cc1nnc2c(NCCCCNC(=O)OC(C)(C)C)nc3cc(C4Nc5ccccc5N4C)ccc3n12.[HH].[HH]. The van der Waals surface area contributed by atoms with Gasteiger partial charge < -0.3 is 25.6 Å². The normalized spacial score (nSPS) is 14.4. The topological polar surface area (TPSA) is 109 Å². The van der Waals surface area contributed by atoms with Crippen molar-refractivity contribution in [3.63, 3.8) is 0 Å². The number of aromatic nitrogens is 4. The van der Waals surface area contributed by atoms with Gasteiger partial charge in [-0.05, 0) is 70.4 Å². The molecule has 10 heteroatoms. The third-order valence-electron chi connectivity index (χ3n) is 6.35. The minimum absolute atomic E-state index is 0. The summed E-state index contributed by atoms with van der Waals surface area (Å²) in [4.78, 5) is 19.0. The molecule has 1 aliphatic heterocycles. The fourth-order valence-corrected chi connectivity index (χ4v) is 4.64. The van der Waals surface area contributed by atoms with E-state index in [4.69, 9.17) is 9.72 Å². The number of para-hydroxylation sites is 2. The molecule has 212 valence electrons. The van der Waals surface area contributed by atoms with Crippen LogP contribution in [-0.2, 0) is 4.74 Å². The highest BCUT2D eigenvalue weighted by Crippen LogP contribution is 2.40. The van der Waals surface area contributed by atoms with Crippen LogP contribution in [0.5, 0.6) is 0 Å². The lowest BCUT2D eigenvalue weighted by Gasteiger charge is -2.23. The van der Waals surface area contributed by atoms with Crippen LogP contribution in [0.2, 0.25) is 0 Å². The Balaban J connectivity index is 0.00000144. The zero-order valence-corrected chi connectivity index (χ0v) is 24.0. The van der Waals surface area contributed by atoms with Crippen molar-refractivity contribution in [2.24, 2.45) is 0 Å². The first-order chi connectivity index (χ1) is 18.7. The van der Waals surface area contributed by atoms with Crippen LogP contribution in [0, 0.1) is 6.92 Å². The number of fused-ring (bicyclic) bond motifs is 4. The number of anilines is 3. The Hall–Kier alpha value is -4.08. The minimum Gasteiger partial charge on any atom is -0.444 e. The van der Waals surface area contributed by atoms with E-state index in [2.05, 4.69) is 74.5 Å². The summed E-state index contributed by atoms with van der Waals surface area (Å²) in [6, 6.07) is 14.7. The Morgan fingerprint density at radius 2 is 1.85 bits per heavy atom. The van der Waals surface area contributed by atoms with Gasteiger partial charge in [-0.25, -0.2) is 9.78 Å². The lowest BCUT2D eigenvalue weighted by molar-refractivity contribution is 0.0527. The van der Waals surface area contributed by atoms with Gasteiger partial charge in [0.15, 0.2) is 5.82 Å². The fraction of sp³-hybridized carbons (Fsp3) is 0.448. The average Bonchev–Trinajstić information content (AvgIpc) is 3.46. The van der Waals surface area contributed by atoms with E-state index in [9.17, 15) is 4.79 Å². The Bertz CT molecular complexity index is 1450. The summed E-state index contributed by atoms with van der Waals surface area (Å²) in [6.07, 6.45) is 1.30. The lowest BCUT2D eigenvalue weighted by atomic mass is 10.1. The fourth-order valence-electron chi connectivity index (χ4n) is 4.64. The largest absolute Gasteiger partial charge is 0.444 e. The van der Waals surface area contributed by atoms with Crippen LogP contribution in [0.1, 0.15) is 67.9 Å². The lowest BCUT2D eigenvalue weighted by Crippen LogP contribution is -2.33. The summed E-state index contributed by atoms with van der Waals surface area (Å²) >= 11 is 0. The molecule has 4 aromatic rings. The van der Waals surface area contributed by atoms with E-state index >= 15 is 0 Å². The summed E-state index contributed by atoms with van der Waals surface area (Å²) in [5.74, 6) is 1.50. The summed E-state index contributed by atoms with van der Waals surface area (Å²) in [7, 11) is 2.10. The van der Waals surface area contributed by atoms with Crippen molar-refractivity contribution >= 4 is 40.0 Å². The quantitative estimate of drug-likeness (QED) is 0.233. The van der Waals surface area contributed by atoms with Crippen LogP contribution in [0.3, 0.4) is 0 Å². The molecule has 0 saturated carbocycles. The summed E-state index contributed by atoms with van der Waals surface area (Å²) in [6.45, 7) is 12.7. The third kappa shape index (κ3) is 6.16. The van der Waals surface area contributed by atoms with Gasteiger partial charge in [0.25, 0.3) is 0 Å². The Morgan fingerprint density at radius 1 is 1.10 bits per heavy atom. The molecule has 0 spiro atoms. The molecule has 0 fully saturated rings. The molecule has 3 N–H and O–H groups in total. The van der Waals surface area contributed by atoms with Crippen molar-refractivity contribution in [3.8, 4) is 0 Å². The summed E-state index contributed by atoms with van der Waals surface area (Å²) < 4.78 is 7.32. The van der Waals surface area contributed by atoms with Gasteiger partial charge >= 0.3 is 6.09 Å². The monoisotopic (exact) mass is 536 g/mol. The zero-order valence-electron chi connectivity index (χ0n) is 24.0. The second kappa shape index (κ2) is 11.8. The van der Waals surface area contributed by atoms with Crippen molar-refractivity contribution in [1.82, 2.24) is 24.9 Å². The zero-order chi connectivity index (χ0) is 28.2. The highest BCUT2D eigenvalue weighted by Gasteiger charge is 2.27. The molecule has 0 bridgehead atoms. The number of ether oxygens (including phenoxy) is 1. The van der Waals surface area contributed by atoms with E-state index in [1.807, 2.05) is 52.0 Å². The Morgan fingerprint density at radius 3 is 2.59 bits per heavy atom. The van der Waals surface area contributed by atoms with E-state index < -0.39 is 11.7 Å². The molecule has 5 rings (SSSR count). The number of aryl methyl sites for hydroxylation is 1. The molecule has 3 heterocycles. The highest BCUT2D eigenvalue weighted by atomic mass is 16.6. The third-order valence-corrected chi connectivity index (χ3v) is 6.35. The number of hydrogen-bond donors (Lipinski definition) is 3. The van der Waals surface area contributed by atoms with Gasteiger partial charge in [0.1, 0.15) is 17.6 Å². The number of nitrogens with one attached hydrogen (secondary N) is 3. The number of unbranched alkanes of at least 4 members (excludes halogenated alkanes) is 1. The van der Waals surface area contributed by atoms with Crippen molar-refractivity contribution in [2.75, 3.05) is 35.7 Å². The predicted octanol–water partition coefficient (Wildman–Crippen LogP) is 6.38. The molecular weight excluding hydrogens is 492 g/mol. The molecule has 1 unspecified atom stereocenters. The number of benzene rings is 2. The predicted molar refractivity (Wildman–Crippen MR) is 162 cm³/mol. The van der Waals surface area contributed by atoms with E-state index in [-0.39, 0.29) is 9.02 Å². The number of alkyl carbamates (subject to hydrolysis) is 1. The second-order valence-electron chi connectivity index (χ2n) is 10.4. The molecular formula is C29H44N8O2. The molecule has 0 radical (unpaired) electrons. The van der Waals surface area contributed by atoms with Crippen LogP contribution in [0.25, 0.3) is 16.7 Å². The second-order valence-corrected chi connectivity index (χ2v) is 10.4. The van der Waals surface area contributed by atoms with Gasteiger partial charge in [0.2, 0.25) is 5.65 Å². The molecule has 1 amide bonds. The Kier molecular flexibility index (Phi) is 8.42. The number of carbonyl (C=O) groups excluding carboxylic acids is 1. The first-order valence-corrected chi connectivity index (χ1v) is 13.7. The standard InChI is InChI=1S/C27H34N8O2.C2H6.2H2/c1-17-32-33-25-23(28-14-8-9-15-29-26(36)37-27(2,3)4)30-20-16-18(12-13-22(20)35(17)25)24-31-19-10-6-7-11-21(19)34(24)5;1-2;;/h6-7,10-13,16,24,31H,8-9,14-15H2,1-5H3,(H,28,30)(H,29,36);1-2H3;2*1H. The number of nitrogens with zero attached hydrogens (tertiary/aromatic N) is 5. The van der Waals surface area contributed by atoms with Crippen molar-refractivity contribution in [2.45, 2.75) is 66.2 Å². The van der Waals surface area contributed by atoms with Gasteiger partial charge in [0.05, 0.1) is 22.4 Å². The maximum Gasteiger partial charge on any atom is 0.407 e. The molecule has 39 heavy (non-hydrogen) atoms. The number of carbonyl (C=O) groups is 1. The summed E-state index contributed by atoms with van der Waals surface area (Å²) in [5, 5.41) is 18.5. The number of rotatable bonds is 7. The average molecular weight is 537 g/mol.